The van der Waals surface area contributed by atoms with Crippen LogP contribution in [0.25, 0.3) is 0 Å². The van der Waals surface area contributed by atoms with E-state index in [1.807, 2.05) is 31.2 Å². The summed E-state index contributed by atoms with van der Waals surface area (Å²) < 4.78 is 11.6. The van der Waals surface area contributed by atoms with Gasteiger partial charge in [-0.15, -0.1) is 0 Å². The molecule has 2 aromatic carbocycles. The molecule has 134 valence electrons. The van der Waals surface area contributed by atoms with E-state index in [1.54, 1.807) is 19.2 Å². The standard InChI is InChI=1S/C18H21BrN2O4/c1-12-9-14(4-5-15(12)19)21-18(23)20-11-13-3-6-16(25-8-7-22)17(10-13)24-2/h3-6,9-10,22H,7-8,11H2,1-2H3,(H2,20,21,23). The lowest BCUT2D eigenvalue weighted by molar-refractivity contribution is 0.196. The van der Waals surface area contributed by atoms with Crippen molar-refractivity contribution in [2.24, 2.45) is 0 Å². The summed E-state index contributed by atoms with van der Waals surface area (Å²) in [6.45, 7) is 2.43. The van der Waals surface area contributed by atoms with E-state index in [-0.39, 0.29) is 19.2 Å². The van der Waals surface area contributed by atoms with Crippen LogP contribution >= 0.6 is 15.9 Å². The third-order valence-corrected chi connectivity index (χ3v) is 4.34. The number of aliphatic hydroxyl groups excluding tert-OH is 1. The Labute approximate surface area is 155 Å². The lowest BCUT2D eigenvalue weighted by atomic mass is 10.2. The van der Waals surface area contributed by atoms with E-state index in [4.69, 9.17) is 14.6 Å². The van der Waals surface area contributed by atoms with Gasteiger partial charge < -0.3 is 25.2 Å². The molecule has 0 unspecified atom stereocenters. The third kappa shape index (κ3) is 5.65. The fraction of sp³-hybridized carbons (Fsp3) is 0.278. The van der Waals surface area contributed by atoms with Gasteiger partial charge in [-0.3, -0.25) is 0 Å². The summed E-state index contributed by atoms with van der Waals surface area (Å²) in [5, 5.41) is 14.4. The van der Waals surface area contributed by atoms with Crippen molar-refractivity contribution >= 4 is 27.6 Å². The first kappa shape index (κ1) is 19.1. The fourth-order valence-corrected chi connectivity index (χ4v) is 2.42. The molecule has 2 aromatic rings. The lowest BCUT2D eigenvalue weighted by Crippen LogP contribution is -2.28. The number of benzene rings is 2. The number of carbonyl (C=O) groups is 1. The number of urea groups is 1. The number of aryl methyl sites for hydroxylation is 1. The minimum absolute atomic E-state index is 0.0673. The molecule has 0 saturated carbocycles. The van der Waals surface area contributed by atoms with Gasteiger partial charge in [0.05, 0.1) is 13.7 Å². The molecule has 3 N–H and O–H groups in total. The van der Waals surface area contributed by atoms with Crippen LogP contribution < -0.4 is 20.1 Å². The van der Waals surface area contributed by atoms with Crippen LogP contribution in [0.4, 0.5) is 10.5 Å². The number of halogens is 1. The maximum atomic E-state index is 12.0. The van der Waals surface area contributed by atoms with Crippen LogP contribution in [0.3, 0.4) is 0 Å². The number of anilines is 1. The minimum Gasteiger partial charge on any atom is -0.493 e. The Balaban J connectivity index is 1.93. The quantitative estimate of drug-likeness (QED) is 0.655. The molecule has 0 aliphatic carbocycles. The molecular formula is C18H21BrN2O4. The zero-order valence-corrected chi connectivity index (χ0v) is 15.7. The average molecular weight is 409 g/mol. The molecule has 0 spiro atoms. The lowest BCUT2D eigenvalue weighted by Gasteiger charge is -2.12. The first-order chi connectivity index (χ1) is 12.0. The SMILES string of the molecule is COc1cc(CNC(=O)Nc2ccc(Br)c(C)c2)ccc1OCCO. The summed E-state index contributed by atoms with van der Waals surface area (Å²) in [4.78, 5) is 12.0. The molecule has 0 saturated heterocycles. The van der Waals surface area contributed by atoms with Crippen molar-refractivity contribution in [1.29, 1.82) is 0 Å². The van der Waals surface area contributed by atoms with Gasteiger partial charge in [-0.2, -0.15) is 0 Å². The van der Waals surface area contributed by atoms with Crippen LogP contribution in [-0.4, -0.2) is 31.5 Å². The Kier molecular flexibility index (Phi) is 7.09. The van der Waals surface area contributed by atoms with Gasteiger partial charge >= 0.3 is 6.03 Å². The predicted octanol–water partition coefficient (Wildman–Crippen LogP) is 3.46. The van der Waals surface area contributed by atoms with E-state index in [0.717, 1.165) is 21.3 Å². The first-order valence-corrected chi connectivity index (χ1v) is 8.54. The van der Waals surface area contributed by atoms with Gasteiger partial charge in [-0.1, -0.05) is 22.0 Å². The number of hydrogen-bond donors (Lipinski definition) is 3. The summed E-state index contributed by atoms with van der Waals surface area (Å²) in [5.74, 6) is 1.10. The Morgan fingerprint density at radius 1 is 1.20 bits per heavy atom. The largest absolute Gasteiger partial charge is 0.493 e. The molecule has 0 fully saturated rings. The molecule has 7 heteroatoms. The van der Waals surface area contributed by atoms with Gasteiger partial charge in [-0.25, -0.2) is 4.79 Å². The van der Waals surface area contributed by atoms with Crippen molar-refractivity contribution in [2.45, 2.75) is 13.5 Å². The smallest absolute Gasteiger partial charge is 0.319 e. The van der Waals surface area contributed by atoms with E-state index in [0.29, 0.717) is 18.0 Å². The summed E-state index contributed by atoms with van der Waals surface area (Å²) in [6, 6.07) is 10.7. The summed E-state index contributed by atoms with van der Waals surface area (Å²) in [6.07, 6.45) is 0. The van der Waals surface area contributed by atoms with E-state index >= 15 is 0 Å². The van der Waals surface area contributed by atoms with Gasteiger partial charge in [0.25, 0.3) is 0 Å². The highest BCUT2D eigenvalue weighted by Crippen LogP contribution is 2.28. The number of nitrogens with one attached hydrogen (secondary N) is 2. The van der Waals surface area contributed by atoms with Crippen molar-refractivity contribution < 1.29 is 19.4 Å². The highest BCUT2D eigenvalue weighted by molar-refractivity contribution is 9.10. The number of ether oxygens (including phenoxy) is 2. The van der Waals surface area contributed by atoms with E-state index in [1.165, 1.54) is 0 Å². The molecule has 0 aliphatic rings. The molecule has 0 radical (unpaired) electrons. The second kappa shape index (κ2) is 9.29. The van der Waals surface area contributed by atoms with Gasteiger partial charge in [0.15, 0.2) is 11.5 Å². The van der Waals surface area contributed by atoms with Gasteiger partial charge in [0.2, 0.25) is 0 Å². The predicted molar refractivity (Wildman–Crippen MR) is 100 cm³/mol. The maximum Gasteiger partial charge on any atom is 0.319 e. The number of carbonyl (C=O) groups excluding carboxylic acids is 1. The Hall–Kier alpha value is -2.25. The topological polar surface area (TPSA) is 79.8 Å². The molecule has 0 atom stereocenters. The van der Waals surface area contributed by atoms with Crippen molar-refractivity contribution in [3.05, 3.63) is 52.0 Å². The van der Waals surface area contributed by atoms with Gasteiger partial charge in [0.1, 0.15) is 6.61 Å². The van der Waals surface area contributed by atoms with Crippen LogP contribution in [0.1, 0.15) is 11.1 Å². The van der Waals surface area contributed by atoms with Crippen LogP contribution in [-0.2, 0) is 6.54 Å². The van der Waals surface area contributed by atoms with Crippen molar-refractivity contribution in [3.8, 4) is 11.5 Å². The second-order valence-corrected chi connectivity index (χ2v) is 6.18. The van der Waals surface area contributed by atoms with Crippen molar-refractivity contribution in [2.75, 3.05) is 25.6 Å². The number of hydrogen-bond acceptors (Lipinski definition) is 4. The van der Waals surface area contributed by atoms with Crippen LogP contribution in [0.15, 0.2) is 40.9 Å². The third-order valence-electron chi connectivity index (χ3n) is 3.45. The molecule has 0 bridgehead atoms. The molecule has 2 amide bonds. The zero-order valence-electron chi connectivity index (χ0n) is 14.1. The number of methoxy groups -OCH3 is 1. The fourth-order valence-electron chi connectivity index (χ4n) is 2.18. The Bertz CT molecular complexity index is 737. The van der Waals surface area contributed by atoms with Gasteiger partial charge in [0, 0.05) is 16.7 Å². The first-order valence-electron chi connectivity index (χ1n) is 7.75. The Morgan fingerprint density at radius 2 is 2.00 bits per heavy atom. The highest BCUT2D eigenvalue weighted by atomic mass is 79.9. The monoisotopic (exact) mass is 408 g/mol. The summed E-state index contributed by atoms with van der Waals surface area (Å²) in [7, 11) is 1.54. The number of aliphatic hydroxyl groups is 1. The maximum absolute atomic E-state index is 12.0. The molecule has 0 aromatic heterocycles. The molecule has 0 heterocycles. The number of amides is 2. The van der Waals surface area contributed by atoms with E-state index < -0.39 is 0 Å². The van der Waals surface area contributed by atoms with Crippen LogP contribution in [0.5, 0.6) is 11.5 Å². The summed E-state index contributed by atoms with van der Waals surface area (Å²) >= 11 is 3.43. The van der Waals surface area contributed by atoms with E-state index in [2.05, 4.69) is 26.6 Å². The molecule has 25 heavy (non-hydrogen) atoms. The minimum atomic E-state index is -0.290. The zero-order chi connectivity index (χ0) is 18.2. The van der Waals surface area contributed by atoms with Crippen molar-refractivity contribution in [1.82, 2.24) is 5.32 Å². The molecule has 6 nitrogen and oxygen atoms in total. The van der Waals surface area contributed by atoms with Crippen LogP contribution in [0.2, 0.25) is 0 Å². The normalized spacial score (nSPS) is 10.2. The van der Waals surface area contributed by atoms with Crippen molar-refractivity contribution in [3.63, 3.8) is 0 Å². The van der Waals surface area contributed by atoms with Gasteiger partial charge in [-0.05, 0) is 48.4 Å². The number of rotatable bonds is 7. The highest BCUT2D eigenvalue weighted by Gasteiger charge is 2.08. The average Bonchev–Trinajstić information content (AvgIpc) is 2.61. The van der Waals surface area contributed by atoms with E-state index in [9.17, 15) is 4.79 Å². The Morgan fingerprint density at radius 3 is 2.68 bits per heavy atom. The summed E-state index contributed by atoms with van der Waals surface area (Å²) in [5.41, 5.74) is 2.64. The molecule has 0 aliphatic heterocycles. The molecule has 2 rings (SSSR count). The molecular weight excluding hydrogens is 388 g/mol. The second-order valence-electron chi connectivity index (χ2n) is 5.33. The van der Waals surface area contributed by atoms with Crippen LogP contribution in [0, 0.1) is 6.92 Å².